The summed E-state index contributed by atoms with van der Waals surface area (Å²) in [5.74, 6) is 0.308. The molecule has 0 aliphatic carbocycles. The summed E-state index contributed by atoms with van der Waals surface area (Å²) in [6.07, 6.45) is 0. The number of hydrogen-bond donors (Lipinski definition) is 4. The Morgan fingerprint density at radius 2 is 1.71 bits per heavy atom. The number of fused-ring (bicyclic) bond motifs is 1. The smallest absolute Gasteiger partial charge is 0.317 e. The van der Waals surface area contributed by atoms with Crippen LogP contribution < -0.4 is 21.5 Å². The van der Waals surface area contributed by atoms with E-state index in [1.807, 2.05) is 36.4 Å². The van der Waals surface area contributed by atoms with Crippen LogP contribution in [0.2, 0.25) is 0 Å². The maximum Gasteiger partial charge on any atom is 0.317 e. The summed E-state index contributed by atoms with van der Waals surface area (Å²) in [6, 6.07) is 12.3. The molecular formula is C17H16N4O3. The van der Waals surface area contributed by atoms with Gasteiger partial charge in [-0.15, -0.1) is 0 Å². The van der Waals surface area contributed by atoms with Crippen LogP contribution in [0.4, 0.5) is 10.6 Å². The second-order valence-corrected chi connectivity index (χ2v) is 5.22. The van der Waals surface area contributed by atoms with Crippen LogP contribution in [0.3, 0.4) is 0 Å². The van der Waals surface area contributed by atoms with E-state index in [1.54, 1.807) is 13.2 Å². The number of aromatic nitrogens is 1. The molecule has 0 aliphatic heterocycles. The van der Waals surface area contributed by atoms with Crippen LogP contribution in [0.1, 0.15) is 10.4 Å². The maximum absolute atomic E-state index is 11.7. The van der Waals surface area contributed by atoms with E-state index >= 15 is 0 Å². The van der Waals surface area contributed by atoms with Gasteiger partial charge in [0.15, 0.2) is 0 Å². The van der Waals surface area contributed by atoms with E-state index in [-0.39, 0.29) is 11.4 Å². The van der Waals surface area contributed by atoms with Crippen molar-refractivity contribution >= 4 is 28.7 Å². The standard InChI is InChI=1S/C17H16N4O3/c1-24-11-5-2-9(3-6-11)10-4-7-12-13(8-10)20-16(21-17(19)23)14(12)15(18)22/h2-8,20H,1H3,(H2,18,22)(H3,19,21,23). The van der Waals surface area contributed by atoms with Gasteiger partial charge in [0.2, 0.25) is 0 Å². The average molecular weight is 324 g/mol. The summed E-state index contributed by atoms with van der Waals surface area (Å²) in [5, 5.41) is 3.00. The molecule has 0 spiro atoms. The van der Waals surface area contributed by atoms with Crippen LogP contribution in [-0.2, 0) is 0 Å². The summed E-state index contributed by atoms with van der Waals surface area (Å²) < 4.78 is 5.15. The van der Waals surface area contributed by atoms with Gasteiger partial charge in [-0.1, -0.05) is 24.3 Å². The molecule has 3 rings (SSSR count). The number of carbonyl (C=O) groups is 2. The number of carbonyl (C=O) groups excluding carboxylic acids is 2. The van der Waals surface area contributed by atoms with E-state index < -0.39 is 11.9 Å². The minimum atomic E-state index is -0.778. The molecule has 1 aromatic heterocycles. The van der Waals surface area contributed by atoms with Crippen molar-refractivity contribution in [3.05, 3.63) is 48.0 Å². The highest BCUT2D eigenvalue weighted by Gasteiger charge is 2.17. The molecule has 0 atom stereocenters. The SMILES string of the molecule is COc1ccc(-c2ccc3c(C(N)=O)c(NC(N)=O)[nH]c3c2)cc1. The van der Waals surface area contributed by atoms with Crippen LogP contribution in [0.15, 0.2) is 42.5 Å². The van der Waals surface area contributed by atoms with Gasteiger partial charge in [0.25, 0.3) is 5.91 Å². The Bertz CT molecular complexity index is 929. The lowest BCUT2D eigenvalue weighted by atomic mass is 10.0. The molecule has 0 fully saturated rings. The van der Waals surface area contributed by atoms with Gasteiger partial charge in [-0.05, 0) is 29.3 Å². The first-order chi connectivity index (χ1) is 11.5. The Kier molecular flexibility index (Phi) is 3.83. The fourth-order valence-corrected chi connectivity index (χ4v) is 2.63. The molecule has 2 aromatic carbocycles. The Hall–Kier alpha value is -3.48. The normalized spacial score (nSPS) is 10.5. The van der Waals surface area contributed by atoms with Crippen molar-refractivity contribution in [2.45, 2.75) is 0 Å². The second-order valence-electron chi connectivity index (χ2n) is 5.22. The Morgan fingerprint density at radius 1 is 1.04 bits per heavy atom. The largest absolute Gasteiger partial charge is 0.497 e. The molecule has 3 amide bonds. The molecule has 0 bridgehead atoms. The van der Waals surface area contributed by atoms with E-state index in [9.17, 15) is 9.59 Å². The highest BCUT2D eigenvalue weighted by molar-refractivity contribution is 6.13. The summed E-state index contributed by atoms with van der Waals surface area (Å²) in [4.78, 5) is 25.8. The van der Waals surface area contributed by atoms with Crippen molar-refractivity contribution in [2.75, 3.05) is 12.4 Å². The Morgan fingerprint density at radius 3 is 2.29 bits per heavy atom. The predicted octanol–water partition coefficient (Wildman–Crippen LogP) is 2.43. The third-order valence-electron chi connectivity index (χ3n) is 3.72. The molecule has 0 aliphatic rings. The van der Waals surface area contributed by atoms with Gasteiger partial charge in [0.1, 0.15) is 11.6 Å². The highest BCUT2D eigenvalue weighted by atomic mass is 16.5. The van der Waals surface area contributed by atoms with Crippen LogP contribution in [0.25, 0.3) is 22.0 Å². The van der Waals surface area contributed by atoms with Gasteiger partial charge in [-0.25, -0.2) is 4.79 Å². The molecule has 0 radical (unpaired) electrons. The first-order valence-electron chi connectivity index (χ1n) is 7.16. The molecule has 6 N–H and O–H groups in total. The number of aromatic amines is 1. The number of ether oxygens (including phenoxy) is 1. The van der Waals surface area contributed by atoms with Crippen LogP contribution in [-0.4, -0.2) is 24.0 Å². The molecule has 0 saturated carbocycles. The molecule has 122 valence electrons. The fraction of sp³-hybridized carbons (Fsp3) is 0.0588. The first kappa shape index (κ1) is 15.4. The van der Waals surface area contributed by atoms with Crippen molar-refractivity contribution < 1.29 is 14.3 Å². The molecule has 1 heterocycles. The number of anilines is 1. The van der Waals surface area contributed by atoms with Crippen molar-refractivity contribution in [1.29, 1.82) is 0 Å². The van der Waals surface area contributed by atoms with Crippen molar-refractivity contribution in [1.82, 2.24) is 4.98 Å². The quantitative estimate of drug-likeness (QED) is 0.589. The molecule has 0 unspecified atom stereocenters. The number of H-pyrrole nitrogens is 1. The molecule has 24 heavy (non-hydrogen) atoms. The van der Waals surface area contributed by atoms with Crippen LogP contribution in [0, 0.1) is 0 Å². The fourth-order valence-electron chi connectivity index (χ4n) is 2.63. The predicted molar refractivity (Wildman–Crippen MR) is 92.0 cm³/mol. The van der Waals surface area contributed by atoms with E-state index in [1.165, 1.54) is 0 Å². The number of rotatable bonds is 4. The third kappa shape index (κ3) is 2.74. The van der Waals surface area contributed by atoms with Crippen LogP contribution >= 0.6 is 0 Å². The summed E-state index contributed by atoms with van der Waals surface area (Å²) >= 11 is 0. The number of hydrogen-bond acceptors (Lipinski definition) is 3. The number of methoxy groups -OCH3 is 1. The van der Waals surface area contributed by atoms with Gasteiger partial charge in [-0.3, -0.25) is 10.1 Å². The second kappa shape index (κ2) is 5.96. The van der Waals surface area contributed by atoms with Gasteiger partial charge < -0.3 is 21.2 Å². The zero-order valence-electron chi connectivity index (χ0n) is 12.9. The van der Waals surface area contributed by atoms with E-state index in [4.69, 9.17) is 16.2 Å². The summed E-state index contributed by atoms with van der Waals surface area (Å²) in [6.45, 7) is 0. The number of primary amides is 2. The third-order valence-corrected chi connectivity index (χ3v) is 3.72. The summed E-state index contributed by atoms with van der Waals surface area (Å²) in [5.41, 5.74) is 13.3. The minimum Gasteiger partial charge on any atom is -0.497 e. The van der Waals surface area contributed by atoms with E-state index in [2.05, 4.69) is 10.3 Å². The minimum absolute atomic E-state index is 0.192. The number of amides is 3. The number of nitrogens with one attached hydrogen (secondary N) is 2. The zero-order chi connectivity index (χ0) is 17.3. The highest BCUT2D eigenvalue weighted by Crippen LogP contribution is 2.30. The molecular weight excluding hydrogens is 308 g/mol. The lowest BCUT2D eigenvalue weighted by molar-refractivity contribution is 0.100. The first-order valence-corrected chi connectivity index (χ1v) is 7.16. The maximum atomic E-state index is 11.7. The van der Waals surface area contributed by atoms with Crippen molar-refractivity contribution in [2.24, 2.45) is 11.5 Å². The van der Waals surface area contributed by atoms with Gasteiger partial charge >= 0.3 is 6.03 Å². The number of benzene rings is 2. The van der Waals surface area contributed by atoms with Crippen molar-refractivity contribution in [3.8, 4) is 16.9 Å². The van der Waals surface area contributed by atoms with Gasteiger partial charge in [-0.2, -0.15) is 0 Å². The van der Waals surface area contributed by atoms with Crippen molar-refractivity contribution in [3.63, 3.8) is 0 Å². The zero-order valence-corrected chi connectivity index (χ0v) is 12.9. The Labute approximate surface area is 137 Å². The lowest BCUT2D eigenvalue weighted by Crippen LogP contribution is -2.22. The lowest BCUT2D eigenvalue weighted by Gasteiger charge is -2.04. The van der Waals surface area contributed by atoms with E-state index in [0.29, 0.717) is 10.9 Å². The van der Waals surface area contributed by atoms with E-state index in [0.717, 1.165) is 16.9 Å². The number of urea groups is 1. The molecule has 3 aromatic rings. The average Bonchev–Trinajstić information content (AvgIpc) is 2.91. The summed E-state index contributed by atoms with van der Waals surface area (Å²) in [7, 11) is 1.61. The molecule has 7 nitrogen and oxygen atoms in total. The Balaban J connectivity index is 2.10. The topological polar surface area (TPSA) is 123 Å². The van der Waals surface area contributed by atoms with Gasteiger partial charge in [0, 0.05) is 10.9 Å². The van der Waals surface area contributed by atoms with Gasteiger partial charge in [0.05, 0.1) is 12.7 Å². The monoisotopic (exact) mass is 324 g/mol. The molecule has 7 heteroatoms. The van der Waals surface area contributed by atoms with Crippen LogP contribution in [0.5, 0.6) is 5.75 Å². The molecule has 0 saturated heterocycles. The number of nitrogens with two attached hydrogens (primary N) is 2.